The van der Waals surface area contributed by atoms with Gasteiger partial charge in [-0.1, -0.05) is 82.0 Å². The summed E-state index contributed by atoms with van der Waals surface area (Å²) in [6.45, 7) is 4.48. The van der Waals surface area contributed by atoms with Gasteiger partial charge in [-0.05, 0) is 70.3 Å². The number of aryl methyl sites for hydroxylation is 4. The molecule has 1 aromatic heterocycles. The molecule has 0 atom stereocenters. The minimum absolute atomic E-state index is 0.947. The van der Waals surface area contributed by atoms with Crippen molar-refractivity contribution >= 4 is 15.9 Å². The number of halogens is 1. The SMILES string of the molecule is CCCCCc1ccc(CCc2cccc(-c3cnc(CCCCC)nc3)c2Br)cc1. The predicted octanol–water partition coefficient (Wildman–Crippen LogP) is 8.16. The summed E-state index contributed by atoms with van der Waals surface area (Å²) in [5.74, 6) is 0.947. The number of hydrogen-bond donors (Lipinski definition) is 0. The summed E-state index contributed by atoms with van der Waals surface area (Å²) in [4.78, 5) is 9.19. The van der Waals surface area contributed by atoms with Crippen LogP contribution in [-0.2, 0) is 25.7 Å². The van der Waals surface area contributed by atoms with Gasteiger partial charge in [-0.15, -0.1) is 0 Å². The quantitative estimate of drug-likeness (QED) is 0.245. The van der Waals surface area contributed by atoms with Crippen LogP contribution in [0.4, 0.5) is 0 Å². The van der Waals surface area contributed by atoms with Crippen LogP contribution in [0.15, 0.2) is 59.3 Å². The van der Waals surface area contributed by atoms with Gasteiger partial charge in [-0.3, -0.25) is 0 Å². The van der Waals surface area contributed by atoms with Gasteiger partial charge in [-0.2, -0.15) is 0 Å². The highest BCUT2D eigenvalue weighted by Crippen LogP contribution is 2.31. The average Bonchev–Trinajstić information content (AvgIpc) is 2.80. The average molecular weight is 480 g/mol. The van der Waals surface area contributed by atoms with Gasteiger partial charge in [0.05, 0.1) is 0 Å². The fourth-order valence-corrected chi connectivity index (χ4v) is 4.57. The molecular formula is C28H35BrN2. The Labute approximate surface area is 196 Å². The lowest BCUT2D eigenvalue weighted by molar-refractivity contribution is 0.693. The molecule has 0 fully saturated rings. The molecule has 2 nitrogen and oxygen atoms in total. The molecule has 0 saturated heterocycles. The topological polar surface area (TPSA) is 25.8 Å². The fraction of sp³-hybridized carbons (Fsp3) is 0.429. The van der Waals surface area contributed by atoms with E-state index in [0.29, 0.717) is 0 Å². The largest absolute Gasteiger partial charge is 0.241 e. The van der Waals surface area contributed by atoms with Crippen LogP contribution in [0.1, 0.15) is 74.9 Å². The summed E-state index contributed by atoms with van der Waals surface area (Å²) >= 11 is 3.85. The zero-order valence-corrected chi connectivity index (χ0v) is 20.6. The second-order valence-electron chi connectivity index (χ2n) is 8.40. The normalized spacial score (nSPS) is 11.1. The van der Waals surface area contributed by atoms with Crippen molar-refractivity contribution < 1.29 is 0 Å². The Hall–Kier alpha value is -2.00. The number of aromatic nitrogens is 2. The summed E-state index contributed by atoms with van der Waals surface area (Å²) < 4.78 is 1.16. The first-order chi connectivity index (χ1) is 15.2. The van der Waals surface area contributed by atoms with Gasteiger partial charge >= 0.3 is 0 Å². The minimum atomic E-state index is 0.947. The van der Waals surface area contributed by atoms with E-state index in [2.05, 4.69) is 82.2 Å². The first kappa shape index (κ1) is 23.7. The molecule has 0 saturated carbocycles. The van der Waals surface area contributed by atoms with E-state index in [1.165, 1.54) is 60.8 Å². The molecule has 3 rings (SSSR count). The number of rotatable bonds is 12. The highest BCUT2D eigenvalue weighted by Gasteiger charge is 2.09. The standard InChI is InChI=1S/C28H35BrN2/c1-3-5-7-10-22-14-16-23(17-15-22)18-19-24-11-9-12-26(28(24)29)25-20-30-27(31-21-25)13-8-6-4-2/h9,11-12,14-17,20-21H,3-8,10,13,18-19H2,1-2H3. The summed E-state index contributed by atoms with van der Waals surface area (Å²) in [7, 11) is 0. The van der Waals surface area contributed by atoms with Gasteiger partial charge in [0.25, 0.3) is 0 Å². The summed E-state index contributed by atoms with van der Waals surface area (Å²) in [6, 6.07) is 15.7. The maximum atomic E-state index is 4.59. The first-order valence-electron chi connectivity index (χ1n) is 11.9. The summed E-state index contributed by atoms with van der Waals surface area (Å²) in [5, 5.41) is 0. The Kier molecular flexibility index (Phi) is 9.74. The molecule has 1 heterocycles. The van der Waals surface area contributed by atoms with Crippen molar-refractivity contribution in [3.05, 3.63) is 81.8 Å². The van der Waals surface area contributed by atoms with Gasteiger partial charge in [0.1, 0.15) is 5.82 Å². The number of hydrogen-bond acceptors (Lipinski definition) is 2. The predicted molar refractivity (Wildman–Crippen MR) is 135 cm³/mol. The molecule has 0 unspecified atom stereocenters. The molecule has 0 amide bonds. The number of unbranched alkanes of at least 4 members (excludes halogenated alkanes) is 4. The summed E-state index contributed by atoms with van der Waals surface area (Å²) in [6.07, 6.45) is 15.7. The van der Waals surface area contributed by atoms with E-state index in [1.54, 1.807) is 0 Å². The molecule has 0 bridgehead atoms. The third-order valence-electron chi connectivity index (χ3n) is 5.87. The molecule has 0 spiro atoms. The van der Waals surface area contributed by atoms with E-state index in [1.807, 2.05) is 12.4 Å². The maximum Gasteiger partial charge on any atom is 0.128 e. The highest BCUT2D eigenvalue weighted by atomic mass is 79.9. The van der Waals surface area contributed by atoms with E-state index >= 15 is 0 Å². The molecule has 0 aliphatic carbocycles. The third-order valence-corrected chi connectivity index (χ3v) is 6.81. The van der Waals surface area contributed by atoms with Gasteiger partial charge in [-0.25, -0.2) is 9.97 Å². The molecule has 0 aliphatic heterocycles. The lowest BCUT2D eigenvalue weighted by Gasteiger charge is -2.11. The van der Waals surface area contributed by atoms with Crippen molar-refractivity contribution in [1.82, 2.24) is 9.97 Å². The van der Waals surface area contributed by atoms with Crippen LogP contribution in [0, 0.1) is 0 Å². The Balaban J connectivity index is 1.61. The fourth-order valence-electron chi connectivity index (χ4n) is 3.88. The van der Waals surface area contributed by atoms with Crippen molar-refractivity contribution in [2.24, 2.45) is 0 Å². The van der Waals surface area contributed by atoms with Crippen LogP contribution in [0.2, 0.25) is 0 Å². The van der Waals surface area contributed by atoms with E-state index in [9.17, 15) is 0 Å². The van der Waals surface area contributed by atoms with Crippen molar-refractivity contribution in [3.63, 3.8) is 0 Å². The van der Waals surface area contributed by atoms with Gasteiger partial charge in [0, 0.05) is 28.9 Å². The van der Waals surface area contributed by atoms with Gasteiger partial charge < -0.3 is 0 Å². The number of benzene rings is 2. The monoisotopic (exact) mass is 478 g/mol. The second kappa shape index (κ2) is 12.8. The molecule has 31 heavy (non-hydrogen) atoms. The van der Waals surface area contributed by atoms with Crippen LogP contribution in [0.3, 0.4) is 0 Å². The first-order valence-corrected chi connectivity index (χ1v) is 12.7. The molecule has 0 N–H and O–H groups in total. The molecule has 3 aromatic rings. The minimum Gasteiger partial charge on any atom is -0.241 e. The Bertz CT molecular complexity index is 917. The lowest BCUT2D eigenvalue weighted by Crippen LogP contribution is -1.97. The Morgan fingerprint density at radius 2 is 1.29 bits per heavy atom. The van der Waals surface area contributed by atoms with Crippen LogP contribution in [0.25, 0.3) is 11.1 Å². The van der Waals surface area contributed by atoms with E-state index < -0.39 is 0 Å². The van der Waals surface area contributed by atoms with Gasteiger partial charge in [0.2, 0.25) is 0 Å². The van der Waals surface area contributed by atoms with Crippen LogP contribution in [-0.4, -0.2) is 9.97 Å². The maximum absolute atomic E-state index is 4.59. The zero-order valence-electron chi connectivity index (χ0n) is 19.0. The van der Waals surface area contributed by atoms with Crippen molar-refractivity contribution in [3.8, 4) is 11.1 Å². The summed E-state index contributed by atoms with van der Waals surface area (Å²) in [5.41, 5.74) is 6.43. The van der Waals surface area contributed by atoms with Crippen molar-refractivity contribution in [2.45, 2.75) is 78.1 Å². The zero-order chi connectivity index (χ0) is 21.9. The van der Waals surface area contributed by atoms with E-state index in [0.717, 1.165) is 41.5 Å². The van der Waals surface area contributed by atoms with Crippen molar-refractivity contribution in [1.29, 1.82) is 0 Å². The van der Waals surface area contributed by atoms with E-state index in [-0.39, 0.29) is 0 Å². The molecule has 0 aliphatic rings. The Morgan fingerprint density at radius 1 is 0.677 bits per heavy atom. The smallest absolute Gasteiger partial charge is 0.128 e. The van der Waals surface area contributed by atoms with Crippen LogP contribution >= 0.6 is 15.9 Å². The van der Waals surface area contributed by atoms with Crippen LogP contribution in [0.5, 0.6) is 0 Å². The molecule has 2 aromatic carbocycles. The van der Waals surface area contributed by atoms with Crippen molar-refractivity contribution in [2.75, 3.05) is 0 Å². The Morgan fingerprint density at radius 3 is 1.94 bits per heavy atom. The van der Waals surface area contributed by atoms with Crippen LogP contribution < -0.4 is 0 Å². The molecule has 0 radical (unpaired) electrons. The van der Waals surface area contributed by atoms with Gasteiger partial charge in [0.15, 0.2) is 0 Å². The van der Waals surface area contributed by atoms with E-state index in [4.69, 9.17) is 0 Å². The second-order valence-corrected chi connectivity index (χ2v) is 9.19. The molecule has 164 valence electrons. The highest BCUT2D eigenvalue weighted by molar-refractivity contribution is 9.10. The third kappa shape index (κ3) is 7.28. The molecular weight excluding hydrogens is 444 g/mol. The lowest BCUT2D eigenvalue weighted by atomic mass is 9.99. The number of nitrogens with zero attached hydrogens (tertiary/aromatic N) is 2. The molecule has 3 heteroatoms.